The fraction of sp³-hybridized carbons (Fsp3) is 0.250. The van der Waals surface area contributed by atoms with Crippen molar-refractivity contribution in [2.45, 2.75) is 45.1 Å². The number of rotatable bonds is 6. The topological polar surface area (TPSA) is 88.1 Å². The molecule has 2 aliphatic rings. The molecule has 0 amide bonds. The molecule has 0 aromatic heterocycles. The van der Waals surface area contributed by atoms with Gasteiger partial charge in [-0.1, -0.05) is 32.0 Å². The normalized spacial score (nSPS) is 14.3. The molecule has 35 heavy (non-hydrogen) atoms. The number of fused-ring (bicyclic) bond motifs is 6. The van der Waals surface area contributed by atoms with E-state index in [1.807, 2.05) is 26.0 Å². The second-order valence-corrected chi connectivity index (χ2v) is 8.48. The molecule has 0 N–H and O–H groups in total. The number of benzene rings is 3. The van der Waals surface area contributed by atoms with Crippen LogP contribution in [0.2, 0.25) is 0 Å². The van der Waals surface area contributed by atoms with Crippen LogP contribution in [-0.2, 0) is 19.9 Å². The molecule has 0 bridgehead atoms. The Morgan fingerprint density at radius 2 is 1.31 bits per heavy atom. The van der Waals surface area contributed by atoms with Gasteiger partial charge in [-0.05, 0) is 43.2 Å². The highest BCUT2D eigenvalue weighted by Gasteiger charge is 2.53. The summed E-state index contributed by atoms with van der Waals surface area (Å²) in [5, 5.41) is 0. The predicted molar refractivity (Wildman–Crippen MR) is 126 cm³/mol. The van der Waals surface area contributed by atoms with E-state index in [4.69, 9.17) is 18.9 Å². The smallest absolute Gasteiger partial charge is 0.340 e. The number of carbonyl (C=O) groups is 3. The Morgan fingerprint density at radius 3 is 1.86 bits per heavy atom. The van der Waals surface area contributed by atoms with Crippen molar-refractivity contribution in [2.75, 3.05) is 0 Å². The summed E-state index contributed by atoms with van der Waals surface area (Å²) in [6.07, 6.45) is 1.93. The molecule has 1 spiro atoms. The first-order chi connectivity index (χ1) is 17.0. The maximum atomic E-state index is 12.9. The minimum atomic E-state index is -1.26. The van der Waals surface area contributed by atoms with Gasteiger partial charge in [0.15, 0.2) is 5.60 Å². The van der Waals surface area contributed by atoms with Crippen LogP contribution in [0, 0.1) is 0 Å². The first kappa shape index (κ1) is 22.7. The second kappa shape index (κ2) is 8.91. The molecule has 3 aromatic carbocycles. The fourth-order valence-electron chi connectivity index (χ4n) is 4.54. The lowest BCUT2D eigenvalue weighted by Crippen LogP contribution is -2.33. The van der Waals surface area contributed by atoms with Crippen LogP contribution >= 0.6 is 0 Å². The third-order valence-corrected chi connectivity index (χ3v) is 6.03. The summed E-state index contributed by atoms with van der Waals surface area (Å²) >= 11 is 0. The van der Waals surface area contributed by atoms with E-state index in [0.29, 0.717) is 70.9 Å². The zero-order valence-corrected chi connectivity index (χ0v) is 19.5. The lowest BCUT2D eigenvalue weighted by atomic mass is 9.77. The molecular weight excluding hydrogens is 448 g/mol. The number of ether oxygens (including phenoxy) is 4. The molecule has 0 radical (unpaired) electrons. The van der Waals surface area contributed by atoms with Gasteiger partial charge in [-0.3, -0.25) is 9.59 Å². The molecule has 0 fully saturated rings. The van der Waals surface area contributed by atoms with Gasteiger partial charge in [0.25, 0.3) is 0 Å². The molecule has 7 nitrogen and oxygen atoms in total. The summed E-state index contributed by atoms with van der Waals surface area (Å²) in [4.78, 5) is 37.0. The Balaban J connectivity index is 1.65. The van der Waals surface area contributed by atoms with E-state index in [1.165, 1.54) is 0 Å². The largest absolute Gasteiger partial charge is 0.456 e. The lowest BCUT2D eigenvalue weighted by Gasteiger charge is -2.36. The molecule has 3 aromatic rings. The maximum absolute atomic E-state index is 12.9. The highest BCUT2D eigenvalue weighted by Crippen LogP contribution is 2.57. The Kier molecular flexibility index (Phi) is 5.76. The summed E-state index contributed by atoms with van der Waals surface area (Å²) in [6, 6.07) is 17.2. The predicted octanol–water partition coefficient (Wildman–Crippen LogP) is 5.67. The second-order valence-electron chi connectivity index (χ2n) is 8.48. The Hall–Kier alpha value is -4.13. The van der Waals surface area contributed by atoms with E-state index in [1.54, 1.807) is 48.5 Å². The molecule has 178 valence electrons. The summed E-state index contributed by atoms with van der Waals surface area (Å²) < 4.78 is 23.2. The van der Waals surface area contributed by atoms with Crippen molar-refractivity contribution in [2.24, 2.45) is 0 Å². The third kappa shape index (κ3) is 3.83. The molecule has 2 aliphatic heterocycles. The Bertz CT molecular complexity index is 1270. The van der Waals surface area contributed by atoms with Gasteiger partial charge in [-0.15, -0.1) is 0 Å². The first-order valence-corrected chi connectivity index (χ1v) is 11.7. The number of hydrogen-bond acceptors (Lipinski definition) is 7. The standard InChI is InChI=1S/C28H24O7/c1-3-7-25(29)32-17-11-13-21-23(15-17)34-24-16-18(33-26(30)8-4-2)12-14-22(24)28(21)20-10-6-5-9-19(20)27(31)35-28/h5-6,9-16H,3-4,7-8H2,1-2H3. The molecule has 7 heteroatoms. The Labute approximate surface area is 202 Å². The van der Waals surface area contributed by atoms with Gasteiger partial charge in [-0.2, -0.15) is 0 Å². The molecule has 5 rings (SSSR count). The van der Waals surface area contributed by atoms with Crippen LogP contribution in [0.25, 0.3) is 0 Å². The van der Waals surface area contributed by atoms with E-state index < -0.39 is 11.6 Å². The van der Waals surface area contributed by atoms with Crippen LogP contribution in [0.15, 0.2) is 60.7 Å². The van der Waals surface area contributed by atoms with Crippen molar-refractivity contribution < 1.29 is 33.3 Å². The summed E-state index contributed by atoms with van der Waals surface area (Å²) in [5.74, 6) is 0.258. The van der Waals surface area contributed by atoms with Gasteiger partial charge in [0.05, 0.1) is 5.56 Å². The quantitative estimate of drug-likeness (QED) is 0.338. The molecule has 0 atom stereocenters. The minimum absolute atomic E-state index is 0.294. The average molecular weight is 472 g/mol. The Morgan fingerprint density at radius 1 is 0.771 bits per heavy atom. The van der Waals surface area contributed by atoms with Crippen molar-refractivity contribution in [3.05, 3.63) is 82.9 Å². The highest BCUT2D eigenvalue weighted by atomic mass is 16.6. The zero-order valence-electron chi connectivity index (χ0n) is 19.5. The molecule has 0 unspecified atom stereocenters. The van der Waals surface area contributed by atoms with E-state index in [0.717, 1.165) is 0 Å². The molecular formula is C28H24O7. The van der Waals surface area contributed by atoms with Crippen LogP contribution in [0.1, 0.15) is 66.6 Å². The van der Waals surface area contributed by atoms with E-state index in [-0.39, 0.29) is 11.9 Å². The van der Waals surface area contributed by atoms with Crippen molar-refractivity contribution in [3.8, 4) is 23.0 Å². The molecule has 0 aliphatic carbocycles. The van der Waals surface area contributed by atoms with Gasteiger partial charge in [0.1, 0.15) is 23.0 Å². The maximum Gasteiger partial charge on any atom is 0.340 e. The van der Waals surface area contributed by atoms with Gasteiger partial charge >= 0.3 is 17.9 Å². The van der Waals surface area contributed by atoms with E-state index in [2.05, 4.69) is 0 Å². The average Bonchev–Trinajstić information content (AvgIpc) is 3.12. The fourth-order valence-corrected chi connectivity index (χ4v) is 4.54. The van der Waals surface area contributed by atoms with Gasteiger partial charge in [0.2, 0.25) is 0 Å². The van der Waals surface area contributed by atoms with Gasteiger partial charge in [0, 0.05) is 41.7 Å². The van der Waals surface area contributed by atoms with Crippen LogP contribution < -0.4 is 14.2 Å². The minimum Gasteiger partial charge on any atom is -0.456 e. The summed E-state index contributed by atoms with van der Waals surface area (Å²) in [5.41, 5.74) is 1.10. The van der Waals surface area contributed by atoms with Crippen LogP contribution in [0.4, 0.5) is 0 Å². The van der Waals surface area contributed by atoms with Crippen molar-refractivity contribution in [1.82, 2.24) is 0 Å². The van der Waals surface area contributed by atoms with Crippen molar-refractivity contribution >= 4 is 17.9 Å². The monoisotopic (exact) mass is 472 g/mol. The van der Waals surface area contributed by atoms with Crippen LogP contribution in [0.3, 0.4) is 0 Å². The van der Waals surface area contributed by atoms with Crippen LogP contribution in [0.5, 0.6) is 23.0 Å². The van der Waals surface area contributed by atoms with Crippen molar-refractivity contribution in [3.63, 3.8) is 0 Å². The summed E-state index contributed by atoms with van der Waals surface area (Å²) in [6.45, 7) is 3.80. The van der Waals surface area contributed by atoms with E-state index in [9.17, 15) is 14.4 Å². The SMILES string of the molecule is CCCC(=O)Oc1ccc2c(c1)Oc1cc(OC(=O)CCC)ccc1C21OC(=O)c2ccccc21. The number of carbonyl (C=O) groups excluding carboxylic acids is 3. The zero-order chi connectivity index (χ0) is 24.6. The first-order valence-electron chi connectivity index (χ1n) is 11.7. The van der Waals surface area contributed by atoms with Gasteiger partial charge in [-0.25, -0.2) is 4.79 Å². The highest BCUT2D eigenvalue weighted by molar-refractivity contribution is 5.97. The molecule has 0 saturated carbocycles. The lowest BCUT2D eigenvalue weighted by molar-refractivity contribution is -0.135. The van der Waals surface area contributed by atoms with E-state index >= 15 is 0 Å². The van der Waals surface area contributed by atoms with Crippen molar-refractivity contribution in [1.29, 1.82) is 0 Å². The summed E-state index contributed by atoms with van der Waals surface area (Å²) in [7, 11) is 0. The molecule has 2 heterocycles. The number of esters is 3. The van der Waals surface area contributed by atoms with Crippen LogP contribution in [-0.4, -0.2) is 17.9 Å². The third-order valence-electron chi connectivity index (χ3n) is 6.03. The molecule has 0 saturated heterocycles. The number of hydrogen-bond donors (Lipinski definition) is 0. The van der Waals surface area contributed by atoms with Gasteiger partial charge < -0.3 is 18.9 Å².